The Kier molecular flexibility index (Phi) is 4.59. The summed E-state index contributed by atoms with van der Waals surface area (Å²) in [6.45, 7) is 4.92. The van der Waals surface area contributed by atoms with Gasteiger partial charge in [0.1, 0.15) is 5.00 Å². The third-order valence-corrected chi connectivity index (χ3v) is 4.18. The van der Waals surface area contributed by atoms with E-state index < -0.39 is 11.9 Å². The van der Waals surface area contributed by atoms with Crippen molar-refractivity contribution < 1.29 is 14.7 Å². The van der Waals surface area contributed by atoms with Crippen molar-refractivity contribution in [3.8, 4) is 0 Å². The van der Waals surface area contributed by atoms with Crippen molar-refractivity contribution in [2.45, 2.75) is 32.6 Å². The first-order valence-electron chi connectivity index (χ1n) is 6.71. The second-order valence-corrected chi connectivity index (χ2v) is 6.13. The minimum atomic E-state index is -0.830. The van der Waals surface area contributed by atoms with Gasteiger partial charge in [-0.15, -0.1) is 11.3 Å². The number of carbonyl (C=O) groups excluding carboxylic acids is 1. The maximum absolute atomic E-state index is 12.2. The standard InChI is InChI=1S/C13H19N3O3S/c1-8(2)10-11(20-7-14-10)15-13(19)16-5-3-4-9(6-16)12(17)18/h7-9H,3-6H2,1-2H3,(H,15,19)(H,17,18). The van der Waals surface area contributed by atoms with Crippen LogP contribution in [0, 0.1) is 5.92 Å². The predicted octanol–water partition coefficient (Wildman–Crippen LogP) is 2.60. The van der Waals surface area contributed by atoms with Crippen molar-refractivity contribution in [1.29, 1.82) is 0 Å². The number of hydrogen-bond acceptors (Lipinski definition) is 4. The summed E-state index contributed by atoms with van der Waals surface area (Å²) in [5.74, 6) is -1.05. The van der Waals surface area contributed by atoms with Gasteiger partial charge in [0.25, 0.3) is 0 Å². The maximum atomic E-state index is 12.2. The average Bonchev–Trinajstić information content (AvgIpc) is 2.87. The summed E-state index contributed by atoms with van der Waals surface area (Å²) in [5, 5.41) is 12.6. The lowest BCUT2D eigenvalue weighted by Crippen LogP contribution is -2.44. The molecule has 0 bridgehead atoms. The summed E-state index contributed by atoms with van der Waals surface area (Å²) < 4.78 is 0. The highest BCUT2D eigenvalue weighted by Gasteiger charge is 2.28. The number of anilines is 1. The first-order chi connectivity index (χ1) is 9.49. The van der Waals surface area contributed by atoms with Crippen molar-refractivity contribution in [2.75, 3.05) is 18.4 Å². The Hall–Kier alpha value is -1.63. The van der Waals surface area contributed by atoms with E-state index in [0.717, 1.165) is 17.1 Å². The molecule has 1 aromatic heterocycles. The SMILES string of the molecule is CC(C)c1ncsc1NC(=O)N1CCCC(C(=O)O)C1. The van der Waals surface area contributed by atoms with E-state index in [-0.39, 0.29) is 18.5 Å². The monoisotopic (exact) mass is 297 g/mol. The van der Waals surface area contributed by atoms with Crippen molar-refractivity contribution in [2.24, 2.45) is 5.92 Å². The molecule has 1 aliphatic rings. The van der Waals surface area contributed by atoms with Crippen LogP contribution in [0.2, 0.25) is 0 Å². The van der Waals surface area contributed by atoms with Crippen molar-refractivity contribution in [3.05, 3.63) is 11.2 Å². The van der Waals surface area contributed by atoms with E-state index in [1.165, 1.54) is 11.3 Å². The Morgan fingerprint density at radius 1 is 1.55 bits per heavy atom. The topological polar surface area (TPSA) is 82.5 Å². The predicted molar refractivity (Wildman–Crippen MR) is 77.2 cm³/mol. The molecule has 0 aliphatic carbocycles. The molecule has 0 spiro atoms. The Balaban J connectivity index is 2.01. The molecule has 110 valence electrons. The summed E-state index contributed by atoms with van der Waals surface area (Å²) in [4.78, 5) is 29.0. The van der Waals surface area contributed by atoms with Crippen LogP contribution in [0.5, 0.6) is 0 Å². The molecule has 20 heavy (non-hydrogen) atoms. The van der Waals surface area contributed by atoms with Crippen molar-refractivity contribution >= 4 is 28.3 Å². The molecule has 1 aliphatic heterocycles. The average molecular weight is 297 g/mol. The number of hydrogen-bond donors (Lipinski definition) is 2. The van der Waals surface area contributed by atoms with E-state index in [4.69, 9.17) is 5.11 Å². The zero-order chi connectivity index (χ0) is 14.7. The quantitative estimate of drug-likeness (QED) is 0.898. The number of nitrogens with zero attached hydrogens (tertiary/aromatic N) is 2. The molecule has 1 unspecified atom stereocenters. The normalized spacial score (nSPS) is 19.1. The number of nitrogens with one attached hydrogen (secondary N) is 1. The summed E-state index contributed by atoms with van der Waals surface area (Å²) in [6.07, 6.45) is 1.36. The number of carbonyl (C=O) groups is 2. The molecule has 1 aromatic rings. The van der Waals surface area contributed by atoms with Gasteiger partial charge in [-0.05, 0) is 18.8 Å². The number of aliphatic carboxylic acids is 1. The van der Waals surface area contributed by atoms with Crippen LogP contribution >= 0.6 is 11.3 Å². The van der Waals surface area contributed by atoms with E-state index >= 15 is 0 Å². The lowest BCUT2D eigenvalue weighted by molar-refractivity contribution is -0.143. The molecular weight excluding hydrogens is 278 g/mol. The maximum Gasteiger partial charge on any atom is 0.322 e. The molecule has 1 atom stereocenters. The number of carboxylic acids is 1. The first kappa shape index (κ1) is 14.8. The third kappa shape index (κ3) is 3.27. The van der Waals surface area contributed by atoms with Crippen LogP contribution in [0.3, 0.4) is 0 Å². The smallest absolute Gasteiger partial charge is 0.322 e. The van der Waals surface area contributed by atoms with Gasteiger partial charge in [-0.3, -0.25) is 10.1 Å². The number of carboxylic acid groups (broad SMARTS) is 1. The number of urea groups is 1. The third-order valence-electron chi connectivity index (χ3n) is 3.42. The highest BCUT2D eigenvalue weighted by molar-refractivity contribution is 7.14. The van der Waals surface area contributed by atoms with Gasteiger partial charge >= 0.3 is 12.0 Å². The summed E-state index contributed by atoms with van der Waals surface area (Å²) in [6, 6.07) is -0.234. The molecule has 1 fully saturated rings. The molecule has 1 saturated heterocycles. The van der Waals surface area contributed by atoms with Crippen molar-refractivity contribution in [3.63, 3.8) is 0 Å². The fourth-order valence-electron chi connectivity index (χ4n) is 2.30. The second-order valence-electron chi connectivity index (χ2n) is 5.27. The van der Waals surface area contributed by atoms with Gasteiger partial charge in [0.15, 0.2) is 0 Å². The fourth-order valence-corrected chi connectivity index (χ4v) is 3.13. The fraction of sp³-hybridized carbons (Fsp3) is 0.615. The molecule has 2 N–H and O–H groups in total. The zero-order valence-electron chi connectivity index (χ0n) is 11.6. The molecule has 0 aromatic carbocycles. The number of thiazole rings is 1. The largest absolute Gasteiger partial charge is 0.481 e. The van der Waals surface area contributed by atoms with E-state index in [2.05, 4.69) is 10.3 Å². The molecule has 7 heteroatoms. The molecule has 2 amide bonds. The molecule has 2 rings (SSSR count). The van der Waals surface area contributed by atoms with Crippen LogP contribution in [0.25, 0.3) is 0 Å². The van der Waals surface area contributed by atoms with Gasteiger partial charge in [0.05, 0.1) is 17.1 Å². The van der Waals surface area contributed by atoms with Gasteiger partial charge < -0.3 is 10.0 Å². The number of amides is 2. The summed E-state index contributed by atoms with van der Waals surface area (Å²) in [5.41, 5.74) is 2.58. The van der Waals surface area contributed by atoms with Crippen LogP contribution in [0.4, 0.5) is 9.80 Å². The Labute approximate surface area is 121 Å². The Morgan fingerprint density at radius 2 is 2.30 bits per heavy atom. The van der Waals surface area contributed by atoms with Crippen LogP contribution in [0.15, 0.2) is 5.51 Å². The summed E-state index contributed by atoms with van der Waals surface area (Å²) >= 11 is 1.39. The lowest BCUT2D eigenvalue weighted by Gasteiger charge is -2.30. The van der Waals surface area contributed by atoms with Gasteiger partial charge in [0.2, 0.25) is 0 Å². The molecule has 6 nitrogen and oxygen atoms in total. The van der Waals surface area contributed by atoms with Crippen LogP contribution in [0.1, 0.15) is 38.3 Å². The minimum absolute atomic E-state index is 0.234. The Bertz CT molecular complexity index is 501. The van der Waals surface area contributed by atoms with Gasteiger partial charge in [-0.1, -0.05) is 13.8 Å². The number of aromatic nitrogens is 1. The van der Waals surface area contributed by atoms with E-state index in [1.807, 2.05) is 13.8 Å². The second kappa shape index (κ2) is 6.21. The van der Waals surface area contributed by atoms with Crippen molar-refractivity contribution in [1.82, 2.24) is 9.88 Å². The minimum Gasteiger partial charge on any atom is -0.481 e. The molecule has 2 heterocycles. The highest BCUT2D eigenvalue weighted by atomic mass is 32.1. The molecule has 0 radical (unpaired) electrons. The number of piperidine rings is 1. The molecule has 0 saturated carbocycles. The van der Waals surface area contributed by atoms with Gasteiger partial charge in [-0.2, -0.15) is 0 Å². The molecular formula is C13H19N3O3S. The first-order valence-corrected chi connectivity index (χ1v) is 7.59. The number of rotatable bonds is 3. The zero-order valence-corrected chi connectivity index (χ0v) is 12.4. The van der Waals surface area contributed by atoms with E-state index in [0.29, 0.717) is 13.0 Å². The van der Waals surface area contributed by atoms with E-state index in [9.17, 15) is 9.59 Å². The summed E-state index contributed by atoms with van der Waals surface area (Å²) in [7, 11) is 0. The van der Waals surface area contributed by atoms with Gasteiger partial charge in [0, 0.05) is 13.1 Å². The van der Waals surface area contributed by atoms with Gasteiger partial charge in [-0.25, -0.2) is 9.78 Å². The lowest BCUT2D eigenvalue weighted by atomic mass is 9.99. The highest BCUT2D eigenvalue weighted by Crippen LogP contribution is 2.27. The number of likely N-dealkylation sites (tertiary alicyclic amines) is 1. The Morgan fingerprint density at radius 3 is 2.95 bits per heavy atom. The van der Waals surface area contributed by atoms with Crippen LogP contribution < -0.4 is 5.32 Å². The van der Waals surface area contributed by atoms with E-state index in [1.54, 1.807) is 10.4 Å². The van der Waals surface area contributed by atoms with Crippen LogP contribution in [-0.2, 0) is 4.79 Å². The van der Waals surface area contributed by atoms with Crippen LogP contribution in [-0.4, -0.2) is 40.1 Å².